The van der Waals surface area contributed by atoms with Crippen molar-refractivity contribution >= 4 is 51.6 Å². The quantitative estimate of drug-likeness (QED) is 0.383. The second-order valence-corrected chi connectivity index (χ2v) is 6.84. The Morgan fingerprint density at radius 3 is 2.28 bits per heavy atom. The molecule has 0 radical (unpaired) electrons. The SMILES string of the molecule is CCCCC(CCC)OC(=O)c1ccc(C(=O)O)cc1S(=O)(=O)O.[NaH]. The van der Waals surface area contributed by atoms with Crippen molar-refractivity contribution in [2.45, 2.75) is 57.0 Å². The normalized spacial score (nSPS) is 12.1. The van der Waals surface area contributed by atoms with Crippen molar-refractivity contribution in [1.29, 1.82) is 0 Å². The topological polar surface area (TPSA) is 118 Å². The van der Waals surface area contributed by atoms with Crippen LogP contribution in [0.15, 0.2) is 23.1 Å². The van der Waals surface area contributed by atoms with Gasteiger partial charge < -0.3 is 9.84 Å². The maximum atomic E-state index is 12.3. The molecule has 1 aromatic rings. The van der Waals surface area contributed by atoms with Crippen LogP contribution in [-0.2, 0) is 14.9 Å². The number of ether oxygens (including phenoxy) is 1. The predicted molar refractivity (Wildman–Crippen MR) is 94.0 cm³/mol. The number of unbranched alkanes of at least 4 members (excludes halogenated alkanes) is 1. The number of esters is 1. The summed E-state index contributed by atoms with van der Waals surface area (Å²) in [7, 11) is -4.76. The Morgan fingerprint density at radius 1 is 1.16 bits per heavy atom. The number of carboxylic acid groups (broad SMARTS) is 1. The first-order valence-corrected chi connectivity index (χ1v) is 9.20. The van der Waals surface area contributed by atoms with Crippen LogP contribution in [0.3, 0.4) is 0 Å². The van der Waals surface area contributed by atoms with Crippen molar-refractivity contribution in [2.75, 3.05) is 0 Å². The zero-order valence-corrected chi connectivity index (χ0v) is 14.5. The molecular formula is C16H23NaO7S. The number of hydrogen-bond acceptors (Lipinski definition) is 5. The number of aromatic carboxylic acids is 1. The molecule has 0 amide bonds. The fraction of sp³-hybridized carbons (Fsp3) is 0.500. The van der Waals surface area contributed by atoms with Gasteiger partial charge in [0.05, 0.1) is 11.1 Å². The first kappa shape index (κ1) is 24.1. The van der Waals surface area contributed by atoms with Crippen molar-refractivity contribution in [2.24, 2.45) is 0 Å². The van der Waals surface area contributed by atoms with Crippen LogP contribution in [0.2, 0.25) is 0 Å². The van der Waals surface area contributed by atoms with Gasteiger partial charge >= 0.3 is 41.5 Å². The average Bonchev–Trinajstić information content (AvgIpc) is 2.51. The molecule has 1 aromatic carbocycles. The van der Waals surface area contributed by atoms with Gasteiger partial charge in [0, 0.05) is 0 Å². The summed E-state index contributed by atoms with van der Waals surface area (Å²) in [6, 6.07) is 2.88. The second kappa shape index (κ2) is 10.9. The first-order chi connectivity index (χ1) is 11.2. The molecule has 0 fully saturated rings. The fourth-order valence-corrected chi connectivity index (χ4v) is 2.97. The molecule has 136 valence electrons. The molecule has 1 unspecified atom stereocenters. The number of carboxylic acids is 1. The van der Waals surface area contributed by atoms with Gasteiger partial charge in [-0.15, -0.1) is 0 Å². The molecule has 0 aliphatic carbocycles. The van der Waals surface area contributed by atoms with Crippen molar-refractivity contribution in [3.8, 4) is 0 Å². The Hall–Kier alpha value is -0.930. The van der Waals surface area contributed by atoms with Crippen LogP contribution in [-0.4, -0.2) is 65.7 Å². The van der Waals surface area contributed by atoms with E-state index in [1.165, 1.54) is 0 Å². The number of carbonyl (C=O) groups excluding carboxylic acids is 1. The van der Waals surface area contributed by atoms with Gasteiger partial charge in [-0.1, -0.05) is 33.1 Å². The zero-order valence-electron chi connectivity index (χ0n) is 13.7. The van der Waals surface area contributed by atoms with Crippen LogP contribution in [0, 0.1) is 0 Å². The van der Waals surface area contributed by atoms with Gasteiger partial charge in [0.2, 0.25) is 0 Å². The number of carbonyl (C=O) groups is 2. The summed E-state index contributed by atoms with van der Waals surface area (Å²) in [5, 5.41) is 8.92. The molecule has 25 heavy (non-hydrogen) atoms. The molecule has 0 saturated heterocycles. The van der Waals surface area contributed by atoms with E-state index >= 15 is 0 Å². The number of hydrogen-bond donors (Lipinski definition) is 2. The van der Waals surface area contributed by atoms with Gasteiger partial charge in [0.1, 0.15) is 11.0 Å². The summed E-state index contributed by atoms with van der Waals surface area (Å²) in [4.78, 5) is 22.5. The number of rotatable bonds is 9. The molecule has 7 nitrogen and oxygen atoms in total. The van der Waals surface area contributed by atoms with E-state index in [2.05, 4.69) is 0 Å². The third-order valence-corrected chi connectivity index (χ3v) is 4.38. The van der Waals surface area contributed by atoms with Crippen LogP contribution in [0.4, 0.5) is 0 Å². The van der Waals surface area contributed by atoms with E-state index in [0.717, 1.165) is 37.5 Å². The van der Waals surface area contributed by atoms with E-state index in [1.54, 1.807) is 0 Å². The van der Waals surface area contributed by atoms with Crippen LogP contribution in [0.5, 0.6) is 0 Å². The Bertz CT molecular complexity index is 700. The van der Waals surface area contributed by atoms with Gasteiger partial charge in [-0.2, -0.15) is 8.42 Å². The molecule has 0 bridgehead atoms. The molecular weight excluding hydrogens is 359 g/mol. The molecule has 2 N–H and O–H groups in total. The van der Waals surface area contributed by atoms with E-state index < -0.39 is 27.0 Å². The maximum absolute atomic E-state index is 12.3. The Morgan fingerprint density at radius 2 is 1.80 bits per heavy atom. The van der Waals surface area contributed by atoms with E-state index in [9.17, 15) is 22.6 Å². The van der Waals surface area contributed by atoms with Crippen molar-refractivity contribution in [3.63, 3.8) is 0 Å². The third kappa shape index (κ3) is 7.45. The Labute approximate surface area is 169 Å². The fourth-order valence-electron chi connectivity index (χ4n) is 2.27. The van der Waals surface area contributed by atoms with Gasteiger partial charge in [0.25, 0.3) is 10.1 Å². The molecule has 1 atom stereocenters. The minimum atomic E-state index is -4.76. The Balaban J connectivity index is 0.00000576. The molecule has 0 saturated carbocycles. The van der Waals surface area contributed by atoms with Gasteiger partial charge in [-0.05, 0) is 31.0 Å². The molecule has 1 rings (SSSR count). The summed E-state index contributed by atoms with van der Waals surface area (Å²) in [6.07, 6.45) is 3.54. The van der Waals surface area contributed by atoms with Crippen LogP contribution >= 0.6 is 0 Å². The van der Waals surface area contributed by atoms with Gasteiger partial charge in [0.15, 0.2) is 0 Å². The summed E-state index contributed by atoms with van der Waals surface area (Å²) in [5.41, 5.74) is -0.727. The van der Waals surface area contributed by atoms with E-state index in [0.29, 0.717) is 12.8 Å². The van der Waals surface area contributed by atoms with Crippen LogP contribution < -0.4 is 0 Å². The van der Waals surface area contributed by atoms with Crippen molar-refractivity contribution < 1.29 is 32.4 Å². The molecule has 9 heteroatoms. The third-order valence-electron chi connectivity index (χ3n) is 3.49. The second-order valence-electron chi connectivity index (χ2n) is 5.45. The van der Waals surface area contributed by atoms with Crippen LogP contribution in [0.1, 0.15) is 66.7 Å². The van der Waals surface area contributed by atoms with Crippen molar-refractivity contribution in [1.82, 2.24) is 0 Å². The first-order valence-electron chi connectivity index (χ1n) is 7.76. The van der Waals surface area contributed by atoms with E-state index in [4.69, 9.17) is 9.84 Å². The van der Waals surface area contributed by atoms with Gasteiger partial charge in [-0.25, -0.2) is 9.59 Å². The summed E-state index contributed by atoms with van der Waals surface area (Å²) >= 11 is 0. The minimum absolute atomic E-state index is 0. The predicted octanol–water partition coefficient (Wildman–Crippen LogP) is 2.50. The van der Waals surface area contributed by atoms with E-state index in [-0.39, 0.29) is 46.8 Å². The standard InChI is InChI=1S/C16H22O7S.Na.H/c1-3-5-7-12(6-4-2)23-16(19)13-9-8-11(15(17)18)10-14(13)24(20,21)22;;/h8-10,12H,3-7H2,1-2H3,(H,17,18)(H,20,21,22);;. The summed E-state index contributed by atoms with van der Waals surface area (Å²) < 4.78 is 37.6. The summed E-state index contributed by atoms with van der Waals surface area (Å²) in [5.74, 6) is -2.26. The number of benzene rings is 1. The monoisotopic (exact) mass is 382 g/mol. The molecule has 0 aromatic heterocycles. The van der Waals surface area contributed by atoms with Gasteiger partial charge in [-0.3, -0.25) is 4.55 Å². The molecule has 0 aliphatic rings. The average molecular weight is 382 g/mol. The molecule has 0 heterocycles. The Kier molecular flexibility index (Phi) is 10.5. The summed E-state index contributed by atoms with van der Waals surface area (Å²) in [6.45, 7) is 3.95. The zero-order chi connectivity index (χ0) is 18.3. The van der Waals surface area contributed by atoms with Crippen LogP contribution in [0.25, 0.3) is 0 Å². The van der Waals surface area contributed by atoms with E-state index in [1.807, 2.05) is 13.8 Å². The molecule has 0 spiro atoms. The van der Waals surface area contributed by atoms with Crippen molar-refractivity contribution in [3.05, 3.63) is 29.3 Å². The molecule has 0 aliphatic heterocycles.